The van der Waals surface area contributed by atoms with Gasteiger partial charge in [0.2, 0.25) is 0 Å². The Morgan fingerprint density at radius 1 is 1.38 bits per heavy atom. The first-order chi connectivity index (χ1) is 7.81. The molecule has 1 fully saturated rings. The van der Waals surface area contributed by atoms with E-state index in [1.165, 1.54) is 25.5 Å². The Morgan fingerprint density at radius 3 is 2.94 bits per heavy atom. The molecule has 2 rings (SSSR count). The molecule has 0 bridgehead atoms. The molecule has 0 radical (unpaired) electrons. The molecule has 16 heavy (non-hydrogen) atoms. The lowest BCUT2D eigenvalue weighted by atomic mass is 9.80. The van der Waals surface area contributed by atoms with Crippen LogP contribution in [-0.2, 0) is 0 Å². The van der Waals surface area contributed by atoms with Gasteiger partial charge in [0.25, 0.3) is 0 Å². The highest BCUT2D eigenvalue weighted by Crippen LogP contribution is 2.32. The van der Waals surface area contributed by atoms with Crippen molar-refractivity contribution in [2.75, 3.05) is 6.54 Å². The van der Waals surface area contributed by atoms with Gasteiger partial charge in [-0.15, -0.1) is 0 Å². The van der Waals surface area contributed by atoms with E-state index in [1.54, 1.807) is 6.07 Å². The van der Waals surface area contributed by atoms with Gasteiger partial charge in [0.15, 0.2) is 0 Å². The van der Waals surface area contributed by atoms with Gasteiger partial charge in [0.1, 0.15) is 5.82 Å². The minimum absolute atomic E-state index is 0.224. The van der Waals surface area contributed by atoms with Crippen molar-refractivity contribution in [3.8, 4) is 0 Å². The third-order valence-corrected chi connectivity index (χ3v) is 3.39. The summed E-state index contributed by atoms with van der Waals surface area (Å²) >= 11 is 0. The Balaban J connectivity index is 2.16. The zero-order valence-electron chi connectivity index (χ0n) is 9.75. The Bertz CT molecular complexity index is 338. The summed E-state index contributed by atoms with van der Waals surface area (Å²) in [4.78, 5) is 3.95. The molecule has 1 heterocycles. The van der Waals surface area contributed by atoms with E-state index in [4.69, 9.17) is 0 Å². The number of halogens is 1. The van der Waals surface area contributed by atoms with Gasteiger partial charge in [0.05, 0.1) is 6.20 Å². The average Bonchev–Trinajstić information content (AvgIpc) is 2.30. The van der Waals surface area contributed by atoms with E-state index in [0.717, 1.165) is 18.5 Å². The maximum absolute atomic E-state index is 13.2. The number of nitrogens with zero attached hydrogens (tertiary/aromatic N) is 1. The number of nitrogens with one attached hydrogen (secondary N) is 1. The molecule has 0 spiro atoms. The molecule has 1 aromatic heterocycles. The topological polar surface area (TPSA) is 24.9 Å². The van der Waals surface area contributed by atoms with Gasteiger partial charge >= 0.3 is 0 Å². The normalized spacial score (nSPS) is 25.6. The summed E-state index contributed by atoms with van der Waals surface area (Å²) in [5.74, 6) is 0.204. The monoisotopic (exact) mass is 222 g/mol. The lowest BCUT2D eigenvalue weighted by molar-refractivity contribution is 0.331. The van der Waals surface area contributed by atoms with Crippen molar-refractivity contribution >= 4 is 0 Å². The number of pyridine rings is 1. The molecule has 1 aliphatic carbocycles. The van der Waals surface area contributed by atoms with Crippen molar-refractivity contribution in [2.24, 2.45) is 0 Å². The first-order valence-corrected chi connectivity index (χ1v) is 6.15. The summed E-state index contributed by atoms with van der Waals surface area (Å²) in [6.07, 6.45) is 7.93. The quantitative estimate of drug-likeness (QED) is 0.850. The first-order valence-electron chi connectivity index (χ1n) is 6.15. The highest BCUT2D eigenvalue weighted by Gasteiger charge is 2.26. The molecule has 0 aromatic carbocycles. The standard InChI is InChI=1S/C13H19FN2/c1-2-16-13-6-4-3-5-12(13)10-7-11(14)9-15-8-10/h7-9,12-13,16H,2-6H2,1H3. The van der Waals surface area contributed by atoms with Crippen LogP contribution in [-0.4, -0.2) is 17.6 Å². The van der Waals surface area contributed by atoms with E-state index in [2.05, 4.69) is 17.2 Å². The van der Waals surface area contributed by atoms with Gasteiger partial charge in [-0.2, -0.15) is 0 Å². The fourth-order valence-corrected chi connectivity index (χ4v) is 2.67. The third kappa shape index (κ3) is 2.59. The van der Waals surface area contributed by atoms with Crippen molar-refractivity contribution in [3.63, 3.8) is 0 Å². The molecule has 1 aromatic rings. The molecule has 2 nitrogen and oxygen atoms in total. The lowest BCUT2D eigenvalue weighted by Crippen LogP contribution is -2.37. The molecule has 0 saturated heterocycles. The average molecular weight is 222 g/mol. The highest BCUT2D eigenvalue weighted by molar-refractivity contribution is 5.18. The van der Waals surface area contributed by atoms with E-state index in [0.29, 0.717) is 12.0 Å². The molecule has 1 N–H and O–H groups in total. The van der Waals surface area contributed by atoms with Crippen LogP contribution in [0.4, 0.5) is 4.39 Å². The minimum atomic E-state index is -0.224. The molecule has 88 valence electrons. The fraction of sp³-hybridized carbons (Fsp3) is 0.615. The summed E-state index contributed by atoms with van der Waals surface area (Å²) < 4.78 is 13.2. The Morgan fingerprint density at radius 2 is 2.19 bits per heavy atom. The molecular weight excluding hydrogens is 203 g/mol. The van der Waals surface area contributed by atoms with Crippen LogP contribution in [0.3, 0.4) is 0 Å². The highest BCUT2D eigenvalue weighted by atomic mass is 19.1. The van der Waals surface area contributed by atoms with Crippen LogP contribution in [0.2, 0.25) is 0 Å². The summed E-state index contributed by atoms with van der Waals surface area (Å²) in [6, 6.07) is 2.12. The fourth-order valence-electron chi connectivity index (χ4n) is 2.67. The van der Waals surface area contributed by atoms with E-state index >= 15 is 0 Å². The smallest absolute Gasteiger partial charge is 0.141 e. The summed E-state index contributed by atoms with van der Waals surface area (Å²) in [7, 11) is 0. The van der Waals surface area contributed by atoms with E-state index in [9.17, 15) is 4.39 Å². The molecule has 0 aliphatic heterocycles. The van der Waals surface area contributed by atoms with Crippen molar-refractivity contribution in [1.29, 1.82) is 0 Å². The lowest BCUT2D eigenvalue weighted by Gasteiger charge is -2.32. The summed E-state index contributed by atoms with van der Waals surface area (Å²) in [6.45, 7) is 3.10. The third-order valence-electron chi connectivity index (χ3n) is 3.39. The largest absolute Gasteiger partial charge is 0.314 e. The van der Waals surface area contributed by atoms with Crippen molar-refractivity contribution < 1.29 is 4.39 Å². The van der Waals surface area contributed by atoms with Crippen LogP contribution in [0.25, 0.3) is 0 Å². The SMILES string of the molecule is CCNC1CCCCC1c1cncc(F)c1. The summed E-state index contributed by atoms with van der Waals surface area (Å²) in [5.41, 5.74) is 1.05. The van der Waals surface area contributed by atoms with Gasteiger partial charge < -0.3 is 5.32 Å². The summed E-state index contributed by atoms with van der Waals surface area (Å²) in [5, 5.41) is 3.50. The maximum Gasteiger partial charge on any atom is 0.141 e. The van der Waals surface area contributed by atoms with Crippen LogP contribution in [0.15, 0.2) is 18.5 Å². The molecule has 2 atom stereocenters. The van der Waals surface area contributed by atoms with Crippen molar-refractivity contribution in [1.82, 2.24) is 10.3 Å². The van der Waals surface area contributed by atoms with Gasteiger partial charge in [-0.1, -0.05) is 19.8 Å². The second-order valence-corrected chi connectivity index (χ2v) is 4.49. The second-order valence-electron chi connectivity index (χ2n) is 4.49. The Hall–Kier alpha value is -0.960. The van der Waals surface area contributed by atoms with Gasteiger partial charge in [0, 0.05) is 18.2 Å². The molecule has 3 heteroatoms. The molecule has 1 saturated carbocycles. The van der Waals surface area contributed by atoms with Crippen LogP contribution in [0.5, 0.6) is 0 Å². The Kier molecular flexibility index (Phi) is 3.88. The Labute approximate surface area is 96.3 Å². The second kappa shape index (κ2) is 5.39. The number of hydrogen-bond donors (Lipinski definition) is 1. The van der Waals surface area contributed by atoms with E-state index < -0.39 is 0 Å². The molecule has 1 aliphatic rings. The predicted octanol–water partition coefficient (Wildman–Crippen LogP) is 2.86. The van der Waals surface area contributed by atoms with Crippen LogP contribution >= 0.6 is 0 Å². The number of likely N-dealkylation sites (N-methyl/N-ethyl adjacent to an activating group) is 1. The van der Waals surface area contributed by atoms with E-state index in [-0.39, 0.29) is 5.82 Å². The number of hydrogen-bond acceptors (Lipinski definition) is 2. The minimum Gasteiger partial charge on any atom is -0.314 e. The van der Waals surface area contributed by atoms with Crippen molar-refractivity contribution in [3.05, 3.63) is 29.8 Å². The van der Waals surface area contributed by atoms with Gasteiger partial charge in [-0.25, -0.2) is 4.39 Å². The number of rotatable bonds is 3. The van der Waals surface area contributed by atoms with Crippen LogP contribution < -0.4 is 5.32 Å². The maximum atomic E-state index is 13.2. The van der Waals surface area contributed by atoms with E-state index in [1.807, 2.05) is 6.20 Å². The van der Waals surface area contributed by atoms with Crippen LogP contribution in [0.1, 0.15) is 44.1 Å². The molecule has 2 unspecified atom stereocenters. The predicted molar refractivity (Wildman–Crippen MR) is 62.9 cm³/mol. The van der Waals surface area contributed by atoms with Crippen molar-refractivity contribution in [2.45, 2.75) is 44.6 Å². The number of aromatic nitrogens is 1. The molecule has 0 amide bonds. The van der Waals surface area contributed by atoms with Gasteiger partial charge in [-0.05, 0) is 31.0 Å². The zero-order valence-corrected chi connectivity index (χ0v) is 9.75. The van der Waals surface area contributed by atoms with Crippen LogP contribution in [0, 0.1) is 5.82 Å². The zero-order chi connectivity index (χ0) is 11.4. The molecular formula is C13H19FN2. The first kappa shape index (κ1) is 11.5. The van der Waals surface area contributed by atoms with Gasteiger partial charge in [-0.3, -0.25) is 4.98 Å².